The van der Waals surface area contributed by atoms with Crippen LogP contribution >= 0.6 is 0 Å². The molecule has 1 aliphatic rings. The van der Waals surface area contributed by atoms with Crippen molar-refractivity contribution in [3.63, 3.8) is 0 Å². The van der Waals surface area contributed by atoms with Crippen molar-refractivity contribution in [1.29, 1.82) is 0 Å². The van der Waals surface area contributed by atoms with Crippen molar-refractivity contribution >= 4 is 29.3 Å². The lowest BCUT2D eigenvalue weighted by molar-refractivity contribution is -0.137. The minimum absolute atomic E-state index is 0.0483. The molecule has 0 unspecified atom stereocenters. The summed E-state index contributed by atoms with van der Waals surface area (Å²) < 4.78 is 45.0. The number of phenols is 1. The van der Waals surface area contributed by atoms with Crippen LogP contribution in [0.3, 0.4) is 0 Å². The van der Waals surface area contributed by atoms with Crippen molar-refractivity contribution in [2.45, 2.75) is 51.9 Å². The first-order chi connectivity index (χ1) is 19.1. The normalized spacial score (nSPS) is 14.8. The van der Waals surface area contributed by atoms with E-state index in [1.807, 2.05) is 6.07 Å². The van der Waals surface area contributed by atoms with E-state index >= 15 is 0 Å². The third kappa shape index (κ3) is 9.85. The number of benzene rings is 2. The summed E-state index contributed by atoms with van der Waals surface area (Å²) in [5.74, 6) is -1.18. The summed E-state index contributed by atoms with van der Waals surface area (Å²) in [6.07, 6.45) is -3.99. The van der Waals surface area contributed by atoms with Gasteiger partial charge in [-0.3, -0.25) is 19.8 Å². The van der Waals surface area contributed by atoms with Crippen LogP contribution in [-0.4, -0.2) is 59.7 Å². The number of carbonyl (C=O) groups excluding carboxylic acids is 3. The second kappa shape index (κ2) is 13.1. The Kier molecular flexibility index (Phi) is 10.1. The van der Waals surface area contributed by atoms with E-state index < -0.39 is 47.4 Å². The van der Waals surface area contributed by atoms with E-state index in [1.165, 1.54) is 0 Å². The molecule has 0 bridgehead atoms. The number of nitrogens with zero attached hydrogens (tertiary/aromatic N) is 1. The Morgan fingerprint density at radius 3 is 2.34 bits per heavy atom. The first-order valence-corrected chi connectivity index (χ1v) is 13.2. The van der Waals surface area contributed by atoms with Crippen molar-refractivity contribution in [3.8, 4) is 5.75 Å². The molecule has 0 aromatic heterocycles. The van der Waals surface area contributed by atoms with Crippen LogP contribution in [0.4, 0.5) is 29.3 Å². The quantitative estimate of drug-likeness (QED) is 0.234. The highest BCUT2D eigenvalue weighted by molar-refractivity contribution is 6.04. The number of aromatic hydroxyl groups is 1. The number of phenolic OH excluding ortho intramolecular Hbond substituents is 1. The minimum Gasteiger partial charge on any atom is -0.506 e. The number of ether oxygens (including phenoxy) is 1. The van der Waals surface area contributed by atoms with E-state index in [2.05, 4.69) is 20.9 Å². The number of amides is 3. The van der Waals surface area contributed by atoms with Crippen molar-refractivity contribution in [2.24, 2.45) is 5.92 Å². The molecule has 224 valence electrons. The number of hydrogen-bond acceptors (Lipinski definition) is 7. The van der Waals surface area contributed by atoms with Crippen molar-refractivity contribution in [2.75, 3.05) is 37.2 Å². The highest BCUT2D eigenvalue weighted by Gasteiger charge is 2.32. The van der Waals surface area contributed by atoms with Gasteiger partial charge in [-0.2, -0.15) is 13.2 Å². The summed E-state index contributed by atoms with van der Waals surface area (Å²) in [5, 5.41) is 17.0. The van der Waals surface area contributed by atoms with Crippen molar-refractivity contribution in [1.82, 2.24) is 15.5 Å². The number of nitrogens with two attached hydrogens (primary N) is 1. The van der Waals surface area contributed by atoms with E-state index in [0.717, 1.165) is 43.6 Å². The molecule has 0 aliphatic carbocycles. The number of nitrogens with one attached hydrogen (secondary N) is 3. The van der Waals surface area contributed by atoms with Gasteiger partial charge in [0.05, 0.1) is 29.0 Å². The maximum Gasteiger partial charge on any atom is 0.416 e. The molecule has 0 spiro atoms. The third-order valence-electron chi connectivity index (χ3n) is 6.43. The van der Waals surface area contributed by atoms with Gasteiger partial charge < -0.3 is 26.2 Å². The zero-order chi connectivity index (χ0) is 30.4. The molecular weight excluding hydrogens is 543 g/mol. The molecule has 41 heavy (non-hydrogen) atoms. The maximum atomic E-state index is 13.3. The zero-order valence-corrected chi connectivity index (χ0v) is 23.2. The van der Waals surface area contributed by atoms with Gasteiger partial charge >= 0.3 is 12.3 Å². The van der Waals surface area contributed by atoms with Gasteiger partial charge in [0.2, 0.25) is 5.91 Å². The molecule has 6 N–H and O–H groups in total. The minimum atomic E-state index is -4.72. The topological polar surface area (TPSA) is 146 Å². The Balaban J connectivity index is 1.50. The van der Waals surface area contributed by atoms with E-state index in [-0.39, 0.29) is 17.4 Å². The smallest absolute Gasteiger partial charge is 0.416 e. The number of hydrogen-bond donors (Lipinski definition) is 5. The fourth-order valence-corrected chi connectivity index (χ4v) is 4.32. The molecule has 2 aromatic carbocycles. The summed E-state index contributed by atoms with van der Waals surface area (Å²) in [7, 11) is 0. The Bertz CT molecular complexity index is 1250. The van der Waals surface area contributed by atoms with Crippen molar-refractivity contribution < 1.29 is 37.4 Å². The van der Waals surface area contributed by atoms with Gasteiger partial charge in [0.1, 0.15) is 11.4 Å². The fraction of sp³-hybridized carbons (Fsp3) is 0.464. The Morgan fingerprint density at radius 2 is 1.73 bits per heavy atom. The molecule has 1 heterocycles. The lowest BCUT2D eigenvalue weighted by atomic mass is 9.96. The predicted octanol–water partition coefficient (Wildman–Crippen LogP) is 4.10. The molecule has 1 saturated heterocycles. The molecule has 0 radical (unpaired) electrons. The number of halogens is 3. The number of nitrogen functional groups attached to an aromatic ring is 1. The number of piperidine rings is 1. The average Bonchev–Trinajstić information content (AvgIpc) is 2.87. The maximum absolute atomic E-state index is 13.3. The Labute approximate surface area is 236 Å². The summed E-state index contributed by atoms with van der Waals surface area (Å²) in [5.41, 5.74) is 4.49. The Morgan fingerprint density at radius 1 is 1.05 bits per heavy atom. The van der Waals surface area contributed by atoms with Gasteiger partial charge in [-0.05, 0) is 88.5 Å². The lowest BCUT2D eigenvalue weighted by Crippen LogP contribution is -2.42. The van der Waals surface area contributed by atoms with Gasteiger partial charge in [0.25, 0.3) is 5.91 Å². The van der Waals surface area contributed by atoms with Crippen LogP contribution in [0.15, 0.2) is 36.4 Å². The van der Waals surface area contributed by atoms with Gasteiger partial charge in [-0.25, -0.2) is 4.79 Å². The van der Waals surface area contributed by atoms with Crippen LogP contribution in [0.25, 0.3) is 0 Å². The molecule has 0 saturated carbocycles. The molecule has 10 nitrogen and oxygen atoms in total. The molecule has 0 atom stereocenters. The summed E-state index contributed by atoms with van der Waals surface area (Å²) >= 11 is 0. The van der Waals surface area contributed by atoms with Gasteiger partial charge in [-0.15, -0.1) is 0 Å². The molecule has 3 amide bonds. The molecule has 1 fully saturated rings. The molecule has 1 aliphatic heterocycles. The predicted molar refractivity (Wildman–Crippen MR) is 147 cm³/mol. The largest absolute Gasteiger partial charge is 0.506 e. The lowest BCUT2D eigenvalue weighted by Gasteiger charge is -2.32. The summed E-state index contributed by atoms with van der Waals surface area (Å²) in [6, 6.07) is 7.44. The molecule has 3 rings (SSSR count). The molecule has 2 aromatic rings. The standard InChI is InChI=1S/C28H36F3N5O5/c1-27(2,3)41-26(40)35-22-6-5-19(28(29,30)31)13-20(22)25(39)34-15-24(38)33-14-17-8-10-36(11-9-17)16-18-4-7-23(37)21(32)12-18/h4-7,12-13,17,37H,8-11,14-16,32H2,1-3H3,(H,33,38)(H,34,39)(H,35,40). The molecule has 13 heteroatoms. The van der Waals surface area contributed by atoms with Crippen LogP contribution in [-0.2, 0) is 22.3 Å². The van der Waals surface area contributed by atoms with Crippen LogP contribution < -0.4 is 21.7 Å². The number of rotatable bonds is 8. The first-order valence-electron chi connectivity index (χ1n) is 13.2. The molecular formula is C28H36F3N5O5. The Hall–Kier alpha value is -4.00. The number of likely N-dealkylation sites (tertiary alicyclic amines) is 1. The van der Waals surface area contributed by atoms with Crippen molar-refractivity contribution in [3.05, 3.63) is 53.1 Å². The average molecular weight is 580 g/mol. The second-order valence-electron chi connectivity index (χ2n) is 11.0. The zero-order valence-electron chi connectivity index (χ0n) is 23.2. The monoisotopic (exact) mass is 579 g/mol. The highest BCUT2D eigenvalue weighted by Crippen LogP contribution is 2.32. The van der Waals surface area contributed by atoms with Crippen LogP contribution in [0.1, 0.15) is 55.1 Å². The van der Waals surface area contributed by atoms with E-state index in [1.54, 1.807) is 32.9 Å². The van der Waals surface area contributed by atoms with E-state index in [9.17, 15) is 32.7 Å². The van der Waals surface area contributed by atoms with Crippen LogP contribution in [0.2, 0.25) is 0 Å². The third-order valence-corrected chi connectivity index (χ3v) is 6.43. The van der Waals surface area contributed by atoms with Crippen LogP contribution in [0.5, 0.6) is 5.75 Å². The first kappa shape index (κ1) is 31.5. The number of carbonyl (C=O) groups is 3. The summed E-state index contributed by atoms with van der Waals surface area (Å²) in [6.45, 7) is 7.08. The SMILES string of the molecule is CC(C)(C)OC(=O)Nc1ccc(C(F)(F)F)cc1C(=O)NCC(=O)NCC1CCN(Cc2ccc(O)c(N)c2)CC1. The van der Waals surface area contributed by atoms with Gasteiger partial charge in [0.15, 0.2) is 0 Å². The fourth-order valence-electron chi connectivity index (χ4n) is 4.32. The number of alkyl halides is 3. The number of anilines is 2. The second-order valence-corrected chi connectivity index (χ2v) is 11.0. The van der Waals surface area contributed by atoms with E-state index in [0.29, 0.717) is 24.8 Å². The summed E-state index contributed by atoms with van der Waals surface area (Å²) in [4.78, 5) is 39.6. The van der Waals surface area contributed by atoms with Gasteiger partial charge in [-0.1, -0.05) is 6.07 Å². The highest BCUT2D eigenvalue weighted by atomic mass is 19.4. The van der Waals surface area contributed by atoms with Crippen LogP contribution in [0, 0.1) is 5.92 Å². The van der Waals surface area contributed by atoms with Gasteiger partial charge in [0, 0.05) is 13.1 Å². The van der Waals surface area contributed by atoms with E-state index in [4.69, 9.17) is 10.5 Å².